The smallest absolute Gasteiger partial charge is 0.234 e. The van der Waals surface area contributed by atoms with E-state index in [4.69, 9.17) is 20.1 Å². The number of nitrogens with two attached hydrogens (primary N) is 1. The first-order valence-corrected chi connectivity index (χ1v) is 6.48. The summed E-state index contributed by atoms with van der Waals surface area (Å²) in [5.74, 6) is 1.10. The number of nitrogens with one attached hydrogen (secondary N) is 1. The van der Waals surface area contributed by atoms with Gasteiger partial charge in [-0.3, -0.25) is 4.79 Å². The highest BCUT2D eigenvalue weighted by Crippen LogP contribution is 2.31. The molecule has 1 amide bonds. The van der Waals surface area contributed by atoms with Gasteiger partial charge in [-0.25, -0.2) is 0 Å². The van der Waals surface area contributed by atoms with Gasteiger partial charge in [0.05, 0.1) is 6.54 Å². The number of furan rings is 1. The summed E-state index contributed by atoms with van der Waals surface area (Å²) in [5.41, 5.74) is 4.71. The van der Waals surface area contributed by atoms with Crippen molar-refractivity contribution in [2.24, 2.45) is 16.3 Å². The number of carbonyl (C=O) groups excluding carboxylic acids is 1. The number of oxime groups is 1. The number of ether oxygens (including phenoxy) is 1. The van der Waals surface area contributed by atoms with Crippen LogP contribution in [0.3, 0.4) is 0 Å². The summed E-state index contributed by atoms with van der Waals surface area (Å²) in [6.45, 7) is 2.92. The van der Waals surface area contributed by atoms with Gasteiger partial charge >= 0.3 is 0 Å². The molecular formula is C13H19N3O4. The number of aryl methyl sites for hydroxylation is 1. The normalized spacial score (nSPS) is 18.8. The Morgan fingerprint density at radius 3 is 2.75 bits per heavy atom. The maximum absolute atomic E-state index is 12.4. The first-order valence-electron chi connectivity index (χ1n) is 6.48. The Morgan fingerprint density at radius 1 is 1.50 bits per heavy atom. The fourth-order valence-electron chi connectivity index (χ4n) is 2.33. The van der Waals surface area contributed by atoms with Gasteiger partial charge in [-0.1, -0.05) is 5.16 Å². The standard InChI is InChI=1S/C13H19N3O4/c1-9-2-3-10(20-9)8-15-12(17)13(11(14)16-18)4-6-19-7-5-13/h2-3,18H,4-8H2,1H3,(H2,14,16)(H,15,17). The first-order chi connectivity index (χ1) is 9.58. The van der Waals surface area contributed by atoms with E-state index in [1.165, 1.54) is 0 Å². The Labute approximate surface area is 116 Å². The second-order valence-corrected chi connectivity index (χ2v) is 4.87. The van der Waals surface area contributed by atoms with Crippen LogP contribution in [-0.4, -0.2) is 30.2 Å². The van der Waals surface area contributed by atoms with Crippen LogP contribution in [0.25, 0.3) is 0 Å². The highest BCUT2D eigenvalue weighted by atomic mass is 16.5. The average Bonchev–Trinajstić information content (AvgIpc) is 2.90. The highest BCUT2D eigenvalue weighted by Gasteiger charge is 2.44. The van der Waals surface area contributed by atoms with Crippen LogP contribution in [0.15, 0.2) is 21.7 Å². The monoisotopic (exact) mass is 281 g/mol. The molecule has 0 spiro atoms. The Hall–Kier alpha value is -2.02. The van der Waals surface area contributed by atoms with E-state index in [0.717, 1.165) is 5.76 Å². The lowest BCUT2D eigenvalue weighted by Crippen LogP contribution is -2.52. The third-order valence-corrected chi connectivity index (χ3v) is 3.60. The molecule has 0 aliphatic carbocycles. The zero-order chi connectivity index (χ0) is 14.6. The van der Waals surface area contributed by atoms with Gasteiger partial charge in [-0.05, 0) is 31.9 Å². The number of amidine groups is 1. The zero-order valence-electron chi connectivity index (χ0n) is 11.4. The lowest BCUT2D eigenvalue weighted by Gasteiger charge is -2.34. The van der Waals surface area contributed by atoms with Gasteiger partial charge in [0.25, 0.3) is 0 Å². The van der Waals surface area contributed by atoms with Crippen LogP contribution in [0, 0.1) is 12.3 Å². The topological polar surface area (TPSA) is 110 Å². The van der Waals surface area contributed by atoms with Gasteiger partial charge in [-0.2, -0.15) is 0 Å². The second kappa shape index (κ2) is 5.96. The molecule has 1 aromatic heterocycles. The lowest BCUT2D eigenvalue weighted by molar-refractivity contribution is -0.131. The molecular weight excluding hydrogens is 262 g/mol. The summed E-state index contributed by atoms with van der Waals surface area (Å²) >= 11 is 0. The van der Waals surface area contributed by atoms with Crippen molar-refractivity contribution >= 4 is 11.7 Å². The van der Waals surface area contributed by atoms with Crippen molar-refractivity contribution < 1.29 is 19.2 Å². The summed E-state index contributed by atoms with van der Waals surface area (Å²) in [5, 5.41) is 14.7. The maximum atomic E-state index is 12.4. The van der Waals surface area contributed by atoms with E-state index in [-0.39, 0.29) is 18.3 Å². The van der Waals surface area contributed by atoms with E-state index in [1.807, 2.05) is 13.0 Å². The predicted molar refractivity (Wildman–Crippen MR) is 71.2 cm³/mol. The minimum Gasteiger partial charge on any atom is -0.465 e. The van der Waals surface area contributed by atoms with Crippen LogP contribution in [0.4, 0.5) is 0 Å². The van der Waals surface area contributed by atoms with Crippen molar-refractivity contribution in [3.63, 3.8) is 0 Å². The average molecular weight is 281 g/mol. The van der Waals surface area contributed by atoms with Crippen LogP contribution in [0.5, 0.6) is 0 Å². The third-order valence-electron chi connectivity index (χ3n) is 3.60. The summed E-state index contributed by atoms with van der Waals surface area (Å²) in [6.07, 6.45) is 0.790. The van der Waals surface area contributed by atoms with Crippen molar-refractivity contribution in [1.29, 1.82) is 0 Å². The number of rotatable bonds is 4. The Morgan fingerprint density at radius 2 is 2.20 bits per heavy atom. The summed E-state index contributed by atoms with van der Waals surface area (Å²) in [4.78, 5) is 12.4. The Bertz CT molecular complexity index is 503. The molecule has 7 nitrogen and oxygen atoms in total. The van der Waals surface area contributed by atoms with Crippen molar-refractivity contribution in [3.8, 4) is 0 Å². The van der Waals surface area contributed by atoms with E-state index in [0.29, 0.717) is 31.8 Å². The number of nitrogens with zero attached hydrogens (tertiary/aromatic N) is 1. The molecule has 1 fully saturated rings. The second-order valence-electron chi connectivity index (χ2n) is 4.87. The number of carbonyl (C=O) groups is 1. The van der Waals surface area contributed by atoms with Crippen LogP contribution in [0.2, 0.25) is 0 Å². The molecule has 4 N–H and O–H groups in total. The molecule has 1 saturated heterocycles. The fourth-order valence-corrected chi connectivity index (χ4v) is 2.33. The zero-order valence-corrected chi connectivity index (χ0v) is 11.4. The van der Waals surface area contributed by atoms with Crippen LogP contribution in [-0.2, 0) is 16.1 Å². The first kappa shape index (κ1) is 14.4. The SMILES string of the molecule is Cc1ccc(CNC(=O)C2(C(N)=NO)CCOCC2)o1. The molecule has 0 aromatic carbocycles. The molecule has 1 aliphatic heterocycles. The van der Waals surface area contributed by atoms with Gasteiger partial charge in [0, 0.05) is 13.2 Å². The molecule has 110 valence electrons. The fraction of sp³-hybridized carbons (Fsp3) is 0.538. The molecule has 0 atom stereocenters. The molecule has 0 bridgehead atoms. The van der Waals surface area contributed by atoms with Crippen molar-refractivity contribution in [1.82, 2.24) is 5.32 Å². The molecule has 0 unspecified atom stereocenters. The van der Waals surface area contributed by atoms with E-state index in [1.54, 1.807) is 6.07 Å². The highest BCUT2D eigenvalue weighted by molar-refractivity contribution is 6.06. The largest absolute Gasteiger partial charge is 0.465 e. The quantitative estimate of drug-likeness (QED) is 0.326. The van der Waals surface area contributed by atoms with E-state index < -0.39 is 5.41 Å². The molecule has 0 saturated carbocycles. The molecule has 7 heteroatoms. The van der Waals surface area contributed by atoms with Crippen LogP contribution < -0.4 is 11.1 Å². The van der Waals surface area contributed by atoms with Gasteiger partial charge in [0.15, 0.2) is 5.84 Å². The number of hydrogen-bond donors (Lipinski definition) is 3. The minimum atomic E-state index is -1.01. The molecule has 0 radical (unpaired) electrons. The summed E-state index contributed by atoms with van der Waals surface area (Å²) in [7, 11) is 0. The van der Waals surface area contributed by atoms with Gasteiger partial charge in [-0.15, -0.1) is 0 Å². The molecule has 2 heterocycles. The van der Waals surface area contributed by atoms with Crippen LogP contribution >= 0.6 is 0 Å². The van der Waals surface area contributed by atoms with Crippen molar-refractivity contribution in [2.75, 3.05) is 13.2 Å². The van der Waals surface area contributed by atoms with E-state index in [2.05, 4.69) is 10.5 Å². The van der Waals surface area contributed by atoms with Gasteiger partial charge in [0.1, 0.15) is 16.9 Å². The Balaban J connectivity index is 2.07. The molecule has 1 aliphatic rings. The molecule has 1 aromatic rings. The maximum Gasteiger partial charge on any atom is 0.234 e. The van der Waals surface area contributed by atoms with Gasteiger partial charge < -0.3 is 25.4 Å². The predicted octanol–water partition coefficient (Wildman–Crippen LogP) is 0.747. The van der Waals surface area contributed by atoms with Crippen molar-refractivity contribution in [3.05, 3.63) is 23.7 Å². The van der Waals surface area contributed by atoms with Crippen LogP contribution in [0.1, 0.15) is 24.4 Å². The number of amides is 1. The van der Waals surface area contributed by atoms with E-state index >= 15 is 0 Å². The minimum absolute atomic E-state index is 0.0751. The van der Waals surface area contributed by atoms with Crippen molar-refractivity contribution in [2.45, 2.75) is 26.3 Å². The number of hydrogen-bond acceptors (Lipinski definition) is 5. The molecule has 2 rings (SSSR count). The third kappa shape index (κ3) is 2.77. The molecule has 20 heavy (non-hydrogen) atoms. The summed E-state index contributed by atoms with van der Waals surface area (Å²) < 4.78 is 10.6. The summed E-state index contributed by atoms with van der Waals surface area (Å²) in [6, 6.07) is 3.63. The van der Waals surface area contributed by atoms with Gasteiger partial charge in [0.2, 0.25) is 5.91 Å². The van der Waals surface area contributed by atoms with E-state index in [9.17, 15) is 4.79 Å². The lowest BCUT2D eigenvalue weighted by atomic mass is 9.78. The Kier molecular flexibility index (Phi) is 4.29.